The molecule has 8 heteroatoms. The third-order valence-corrected chi connectivity index (χ3v) is 5.64. The minimum atomic E-state index is -1.07. The van der Waals surface area contributed by atoms with Gasteiger partial charge in [0.15, 0.2) is 5.11 Å². The van der Waals surface area contributed by atoms with E-state index < -0.39 is 30.2 Å². The van der Waals surface area contributed by atoms with Crippen LogP contribution in [0.1, 0.15) is 6.42 Å². The van der Waals surface area contributed by atoms with Crippen molar-refractivity contribution in [2.45, 2.75) is 30.7 Å². The van der Waals surface area contributed by atoms with Gasteiger partial charge in [0.05, 0.1) is 24.1 Å². The van der Waals surface area contributed by atoms with Gasteiger partial charge in [0, 0.05) is 11.4 Å². The van der Waals surface area contributed by atoms with Crippen molar-refractivity contribution in [3.05, 3.63) is 60.4 Å². The number of anilines is 2. The molecule has 2 fully saturated rings. The first kappa shape index (κ1) is 18.8. The molecule has 146 valence electrons. The number of nitrogens with zero attached hydrogens (tertiary/aromatic N) is 1. The van der Waals surface area contributed by atoms with E-state index in [0.717, 1.165) is 0 Å². The van der Waals surface area contributed by atoms with Gasteiger partial charge in [-0.25, -0.2) is 4.39 Å². The second kappa shape index (κ2) is 7.46. The van der Waals surface area contributed by atoms with Crippen LogP contribution in [0, 0.1) is 11.7 Å². The lowest BCUT2D eigenvalue weighted by molar-refractivity contribution is -0.126. The van der Waals surface area contributed by atoms with E-state index >= 15 is 0 Å². The highest BCUT2D eigenvalue weighted by Gasteiger charge is 2.53. The second-order valence-corrected chi connectivity index (χ2v) is 7.45. The van der Waals surface area contributed by atoms with E-state index in [0.29, 0.717) is 16.5 Å². The van der Waals surface area contributed by atoms with Crippen molar-refractivity contribution in [2.24, 2.45) is 5.92 Å². The zero-order chi connectivity index (χ0) is 19.8. The van der Waals surface area contributed by atoms with Crippen LogP contribution in [0.15, 0.2) is 54.6 Å². The third kappa shape index (κ3) is 3.34. The third-order valence-electron chi connectivity index (χ3n) is 5.33. The number of amides is 1. The molecule has 1 aliphatic heterocycles. The van der Waals surface area contributed by atoms with E-state index in [9.17, 15) is 19.4 Å². The first-order valence-corrected chi connectivity index (χ1v) is 9.44. The Balaban J connectivity index is 1.67. The van der Waals surface area contributed by atoms with Crippen LogP contribution in [0.4, 0.5) is 15.8 Å². The SMILES string of the molecule is O=C(Nc1ccccc1)C1CC(O)C(O)C2NC(=S)N(c3ccc(F)cc3)C12. The predicted octanol–water partition coefficient (Wildman–Crippen LogP) is 1.64. The Morgan fingerprint density at radius 1 is 1.14 bits per heavy atom. The van der Waals surface area contributed by atoms with E-state index in [2.05, 4.69) is 10.6 Å². The summed E-state index contributed by atoms with van der Waals surface area (Å²) >= 11 is 5.43. The maximum atomic E-state index is 13.4. The minimum Gasteiger partial charge on any atom is -0.390 e. The van der Waals surface area contributed by atoms with Gasteiger partial charge in [0.25, 0.3) is 0 Å². The Kier molecular flexibility index (Phi) is 5.01. The van der Waals surface area contributed by atoms with Crippen LogP contribution in [0.3, 0.4) is 0 Å². The Hall–Kier alpha value is -2.55. The van der Waals surface area contributed by atoms with Crippen molar-refractivity contribution in [1.82, 2.24) is 5.32 Å². The molecule has 0 spiro atoms. The fraction of sp³-hybridized carbons (Fsp3) is 0.300. The molecule has 28 heavy (non-hydrogen) atoms. The number of carbonyl (C=O) groups excluding carboxylic acids is 1. The summed E-state index contributed by atoms with van der Waals surface area (Å²) in [4.78, 5) is 14.8. The molecule has 5 atom stereocenters. The molecule has 4 rings (SSSR count). The van der Waals surface area contributed by atoms with Crippen LogP contribution >= 0.6 is 12.2 Å². The topological polar surface area (TPSA) is 84.8 Å². The highest BCUT2D eigenvalue weighted by atomic mass is 32.1. The molecular formula is C20H20FN3O3S. The molecular weight excluding hydrogens is 381 g/mol. The van der Waals surface area contributed by atoms with Crippen LogP contribution in [0.5, 0.6) is 0 Å². The van der Waals surface area contributed by atoms with Gasteiger partial charge in [-0.2, -0.15) is 0 Å². The first-order chi connectivity index (χ1) is 13.5. The highest BCUT2D eigenvalue weighted by Crippen LogP contribution is 2.37. The Morgan fingerprint density at radius 3 is 2.50 bits per heavy atom. The van der Waals surface area contributed by atoms with Crippen molar-refractivity contribution in [3.8, 4) is 0 Å². The minimum absolute atomic E-state index is 0.0863. The molecule has 0 bridgehead atoms. The number of rotatable bonds is 3. The predicted molar refractivity (Wildman–Crippen MR) is 107 cm³/mol. The maximum Gasteiger partial charge on any atom is 0.229 e. The molecule has 1 heterocycles. The molecule has 1 saturated heterocycles. The molecule has 4 N–H and O–H groups in total. The quantitative estimate of drug-likeness (QED) is 0.585. The van der Waals surface area contributed by atoms with Crippen molar-refractivity contribution in [3.63, 3.8) is 0 Å². The zero-order valence-corrected chi connectivity index (χ0v) is 15.6. The number of hydrogen-bond acceptors (Lipinski definition) is 4. The molecule has 0 aromatic heterocycles. The van der Waals surface area contributed by atoms with Crippen LogP contribution in [0.25, 0.3) is 0 Å². The van der Waals surface area contributed by atoms with E-state index in [-0.39, 0.29) is 18.1 Å². The average molecular weight is 401 g/mol. The Morgan fingerprint density at radius 2 is 1.82 bits per heavy atom. The number of hydrogen-bond donors (Lipinski definition) is 4. The standard InChI is InChI=1S/C20H20FN3O3S/c21-11-6-8-13(9-7-11)24-17-14(19(27)22-12-4-2-1-3-5-12)10-15(25)18(26)16(17)23-20(24)28/h1-9,14-18,25-26H,10H2,(H,22,27)(H,23,28). The number of halogens is 1. The summed E-state index contributed by atoms with van der Waals surface area (Å²) in [5, 5.41) is 27.0. The fourth-order valence-corrected chi connectivity index (χ4v) is 4.36. The number of nitrogens with one attached hydrogen (secondary N) is 2. The number of benzene rings is 2. The van der Waals surface area contributed by atoms with Gasteiger partial charge < -0.3 is 25.7 Å². The molecule has 1 aliphatic carbocycles. The van der Waals surface area contributed by atoms with Gasteiger partial charge in [-0.1, -0.05) is 18.2 Å². The molecule has 0 radical (unpaired) electrons. The molecule has 2 aromatic carbocycles. The normalized spacial score (nSPS) is 29.2. The lowest BCUT2D eigenvalue weighted by atomic mass is 9.77. The summed E-state index contributed by atoms with van der Waals surface area (Å²) in [5.41, 5.74) is 1.26. The largest absolute Gasteiger partial charge is 0.390 e. The summed E-state index contributed by atoms with van der Waals surface area (Å²) in [6.07, 6.45) is -2.05. The van der Waals surface area contributed by atoms with E-state index in [1.165, 1.54) is 12.1 Å². The van der Waals surface area contributed by atoms with E-state index in [4.69, 9.17) is 12.2 Å². The molecule has 1 saturated carbocycles. The smallest absolute Gasteiger partial charge is 0.229 e. The first-order valence-electron chi connectivity index (χ1n) is 9.03. The lowest BCUT2D eigenvalue weighted by Gasteiger charge is -2.41. The van der Waals surface area contributed by atoms with Gasteiger partial charge >= 0.3 is 0 Å². The van der Waals surface area contributed by atoms with Gasteiger partial charge in [-0.05, 0) is 55.0 Å². The highest BCUT2D eigenvalue weighted by molar-refractivity contribution is 7.80. The zero-order valence-electron chi connectivity index (χ0n) is 14.8. The summed E-state index contributed by atoms with van der Waals surface area (Å²) in [5.74, 6) is -1.29. The van der Waals surface area contributed by atoms with Crippen LogP contribution < -0.4 is 15.5 Å². The number of fused-ring (bicyclic) bond motifs is 1. The van der Waals surface area contributed by atoms with Crippen molar-refractivity contribution >= 4 is 34.6 Å². The fourth-order valence-electron chi connectivity index (χ4n) is 4.00. The lowest BCUT2D eigenvalue weighted by Crippen LogP contribution is -2.60. The number of carbonyl (C=O) groups is 1. The molecule has 2 aromatic rings. The monoisotopic (exact) mass is 401 g/mol. The number of thiocarbonyl (C=S) groups is 1. The van der Waals surface area contributed by atoms with Crippen LogP contribution in [0.2, 0.25) is 0 Å². The van der Waals surface area contributed by atoms with Crippen molar-refractivity contribution < 1.29 is 19.4 Å². The number of para-hydroxylation sites is 1. The summed E-state index contributed by atoms with van der Waals surface area (Å²) < 4.78 is 13.4. The molecule has 2 aliphatic rings. The second-order valence-electron chi connectivity index (χ2n) is 7.07. The number of aliphatic hydroxyl groups is 2. The Bertz CT molecular complexity index is 880. The summed E-state index contributed by atoms with van der Waals surface area (Å²) in [6.45, 7) is 0. The average Bonchev–Trinajstić information content (AvgIpc) is 3.03. The van der Waals surface area contributed by atoms with Crippen molar-refractivity contribution in [2.75, 3.05) is 10.2 Å². The van der Waals surface area contributed by atoms with Crippen molar-refractivity contribution in [1.29, 1.82) is 0 Å². The maximum absolute atomic E-state index is 13.4. The van der Waals surface area contributed by atoms with Crippen LogP contribution in [-0.4, -0.2) is 45.5 Å². The van der Waals surface area contributed by atoms with Gasteiger partial charge in [0.2, 0.25) is 5.91 Å². The number of aliphatic hydroxyl groups excluding tert-OH is 2. The van der Waals surface area contributed by atoms with E-state index in [1.54, 1.807) is 29.2 Å². The summed E-state index contributed by atoms with van der Waals surface area (Å²) in [7, 11) is 0. The Labute approximate surface area is 167 Å². The van der Waals surface area contributed by atoms with E-state index in [1.807, 2.05) is 18.2 Å². The molecule has 1 amide bonds. The summed E-state index contributed by atoms with van der Waals surface area (Å²) in [6, 6.07) is 13.7. The van der Waals surface area contributed by atoms with Gasteiger partial charge in [-0.3, -0.25) is 4.79 Å². The van der Waals surface area contributed by atoms with Gasteiger partial charge in [-0.15, -0.1) is 0 Å². The molecule has 5 unspecified atom stereocenters. The van der Waals surface area contributed by atoms with Crippen LogP contribution in [-0.2, 0) is 4.79 Å². The van der Waals surface area contributed by atoms with Gasteiger partial charge in [0.1, 0.15) is 11.9 Å². The molecule has 6 nitrogen and oxygen atoms in total.